The van der Waals surface area contributed by atoms with Gasteiger partial charge < -0.3 is 15.8 Å². The van der Waals surface area contributed by atoms with Crippen LogP contribution in [0.3, 0.4) is 0 Å². The van der Waals surface area contributed by atoms with Crippen molar-refractivity contribution < 1.29 is 14.3 Å². The normalized spacial score (nSPS) is 14.4. The summed E-state index contributed by atoms with van der Waals surface area (Å²) in [5.41, 5.74) is 10.6. The van der Waals surface area contributed by atoms with E-state index in [1.807, 2.05) is 60.7 Å². The van der Waals surface area contributed by atoms with Crippen LogP contribution in [0.4, 0.5) is 10.7 Å². The molecule has 0 saturated carbocycles. The highest BCUT2D eigenvalue weighted by molar-refractivity contribution is 7.19. The van der Waals surface area contributed by atoms with E-state index in [9.17, 15) is 9.59 Å². The number of hydrogen-bond donors (Lipinski definition) is 2. The first kappa shape index (κ1) is 25.8. The van der Waals surface area contributed by atoms with E-state index in [1.165, 1.54) is 23.5 Å². The highest BCUT2D eigenvalue weighted by atomic mass is 35.5. The number of fused-ring (bicyclic) bond motifs is 1. The minimum atomic E-state index is -0.577. The van der Waals surface area contributed by atoms with Gasteiger partial charge >= 0.3 is 5.97 Å². The Labute approximate surface area is 234 Å². The van der Waals surface area contributed by atoms with Crippen molar-refractivity contribution >= 4 is 62.7 Å². The average molecular weight is 561 g/mol. The summed E-state index contributed by atoms with van der Waals surface area (Å²) in [6.45, 7) is 3.72. The molecule has 8 heteroatoms. The molecule has 3 aromatic carbocycles. The van der Waals surface area contributed by atoms with Crippen molar-refractivity contribution in [1.29, 1.82) is 0 Å². The van der Waals surface area contributed by atoms with Crippen molar-refractivity contribution in [1.82, 2.24) is 0 Å². The lowest BCUT2D eigenvalue weighted by Gasteiger charge is -2.30. The number of hydrogen-bond acceptors (Lipinski definition) is 6. The fraction of sp³-hybridized carbons (Fsp3) is 0.0667. The number of anilines is 2. The topological polar surface area (TPSA) is 81.4 Å². The SMILES string of the molecule is C=CCOC(=O)C1=C(c2ccccc2)Nc2sc(C(=O)c3ccc(Cl)c(Cl)c3)c(N)c2C1c1ccccc1. The molecule has 5 nitrogen and oxygen atoms in total. The van der Waals surface area contributed by atoms with E-state index in [-0.39, 0.29) is 17.4 Å². The molecule has 0 amide bonds. The molecule has 5 rings (SSSR count). The maximum atomic E-state index is 13.6. The maximum Gasteiger partial charge on any atom is 0.337 e. The molecule has 0 radical (unpaired) electrons. The quantitative estimate of drug-likeness (QED) is 0.138. The second-order valence-electron chi connectivity index (χ2n) is 8.56. The lowest BCUT2D eigenvalue weighted by molar-refractivity contribution is -0.138. The molecule has 0 aliphatic carbocycles. The largest absolute Gasteiger partial charge is 0.458 e. The van der Waals surface area contributed by atoms with Gasteiger partial charge in [0.25, 0.3) is 0 Å². The third kappa shape index (κ3) is 4.74. The Hall–Kier alpha value is -3.84. The summed E-state index contributed by atoms with van der Waals surface area (Å²) < 4.78 is 5.55. The van der Waals surface area contributed by atoms with Gasteiger partial charge in [-0.15, -0.1) is 11.3 Å². The molecule has 4 aromatic rings. The predicted molar refractivity (Wildman–Crippen MR) is 155 cm³/mol. The zero-order chi connectivity index (χ0) is 26.8. The van der Waals surface area contributed by atoms with Crippen LogP contribution in [0, 0.1) is 0 Å². The number of nitrogens with two attached hydrogens (primary N) is 1. The third-order valence-electron chi connectivity index (χ3n) is 6.20. The molecule has 1 unspecified atom stereocenters. The number of thiophene rings is 1. The van der Waals surface area contributed by atoms with Gasteiger partial charge in [0, 0.05) is 17.0 Å². The summed E-state index contributed by atoms with van der Waals surface area (Å²) in [6.07, 6.45) is 1.52. The van der Waals surface area contributed by atoms with Crippen LogP contribution in [-0.4, -0.2) is 18.4 Å². The van der Waals surface area contributed by atoms with E-state index in [4.69, 9.17) is 33.7 Å². The molecule has 0 bridgehead atoms. The first-order chi connectivity index (χ1) is 18.4. The Morgan fingerprint density at radius 3 is 2.34 bits per heavy atom. The van der Waals surface area contributed by atoms with E-state index in [0.717, 1.165) is 11.1 Å². The van der Waals surface area contributed by atoms with Gasteiger partial charge in [0.1, 0.15) is 11.5 Å². The van der Waals surface area contributed by atoms with Crippen LogP contribution in [0.15, 0.2) is 97.1 Å². The van der Waals surface area contributed by atoms with Crippen LogP contribution in [-0.2, 0) is 9.53 Å². The number of benzene rings is 3. The summed E-state index contributed by atoms with van der Waals surface area (Å²) in [4.78, 5) is 27.5. The zero-order valence-electron chi connectivity index (χ0n) is 20.0. The Morgan fingerprint density at radius 2 is 1.68 bits per heavy atom. The number of ether oxygens (including phenoxy) is 1. The van der Waals surface area contributed by atoms with Crippen molar-refractivity contribution in [2.45, 2.75) is 5.92 Å². The van der Waals surface area contributed by atoms with E-state index in [0.29, 0.717) is 43.0 Å². The third-order valence-corrected chi connectivity index (χ3v) is 8.08. The van der Waals surface area contributed by atoms with Crippen molar-refractivity contribution in [3.8, 4) is 0 Å². The zero-order valence-corrected chi connectivity index (χ0v) is 22.4. The van der Waals surface area contributed by atoms with Crippen molar-refractivity contribution in [2.75, 3.05) is 17.7 Å². The minimum absolute atomic E-state index is 0.0545. The summed E-state index contributed by atoms with van der Waals surface area (Å²) in [6, 6.07) is 23.8. The molecular weight excluding hydrogens is 539 g/mol. The van der Waals surface area contributed by atoms with Crippen LogP contribution >= 0.6 is 34.5 Å². The van der Waals surface area contributed by atoms with Gasteiger partial charge in [-0.2, -0.15) is 0 Å². The van der Waals surface area contributed by atoms with Gasteiger partial charge in [0.05, 0.1) is 32.0 Å². The number of nitrogen functional groups attached to an aromatic ring is 1. The monoisotopic (exact) mass is 560 g/mol. The number of carbonyl (C=O) groups is 2. The van der Waals surface area contributed by atoms with Crippen molar-refractivity contribution in [2.24, 2.45) is 0 Å². The lowest BCUT2D eigenvalue weighted by Crippen LogP contribution is -2.24. The van der Waals surface area contributed by atoms with Crippen molar-refractivity contribution in [3.63, 3.8) is 0 Å². The molecule has 190 valence electrons. The highest BCUT2D eigenvalue weighted by Crippen LogP contribution is 2.52. The lowest BCUT2D eigenvalue weighted by atomic mass is 9.80. The number of halogens is 2. The summed E-state index contributed by atoms with van der Waals surface area (Å²) in [5, 5.41) is 4.71. The number of ketones is 1. The molecule has 2 heterocycles. The fourth-order valence-electron chi connectivity index (χ4n) is 4.49. The average Bonchev–Trinajstić information content (AvgIpc) is 3.28. The summed E-state index contributed by atoms with van der Waals surface area (Å²) >= 11 is 13.5. The molecule has 0 spiro atoms. The number of carbonyl (C=O) groups excluding carboxylic acids is 2. The van der Waals surface area contributed by atoms with Gasteiger partial charge in [0.15, 0.2) is 0 Å². The standard InChI is InChI=1S/C30H22Cl2N2O3S/c1-2-15-37-30(36)24-22(17-9-5-3-6-10-17)23-25(33)28(27(35)19-13-14-20(31)21(32)16-19)38-29(23)34-26(24)18-11-7-4-8-12-18/h2-14,16,22,34H,1,15,33H2. The van der Waals surface area contributed by atoms with E-state index in [2.05, 4.69) is 11.9 Å². The van der Waals surface area contributed by atoms with Crippen LogP contribution in [0.5, 0.6) is 0 Å². The van der Waals surface area contributed by atoms with Crippen LogP contribution < -0.4 is 11.1 Å². The van der Waals surface area contributed by atoms with Crippen LogP contribution in [0.1, 0.15) is 37.8 Å². The highest BCUT2D eigenvalue weighted by Gasteiger charge is 2.39. The van der Waals surface area contributed by atoms with E-state index >= 15 is 0 Å². The summed E-state index contributed by atoms with van der Waals surface area (Å²) in [7, 11) is 0. The second-order valence-corrected chi connectivity index (χ2v) is 10.4. The molecule has 0 saturated heterocycles. The van der Waals surface area contributed by atoms with Gasteiger partial charge in [-0.25, -0.2) is 4.79 Å². The predicted octanol–water partition coefficient (Wildman–Crippen LogP) is 7.57. The molecule has 1 aliphatic heterocycles. The first-order valence-electron chi connectivity index (χ1n) is 11.7. The Bertz CT molecular complexity index is 1580. The van der Waals surface area contributed by atoms with Gasteiger partial charge in [-0.05, 0) is 29.3 Å². The fourth-order valence-corrected chi connectivity index (χ4v) is 5.91. The van der Waals surface area contributed by atoms with Crippen LogP contribution in [0.25, 0.3) is 5.70 Å². The Balaban J connectivity index is 1.73. The molecule has 1 atom stereocenters. The molecule has 1 aliphatic rings. The molecule has 3 N–H and O–H groups in total. The first-order valence-corrected chi connectivity index (χ1v) is 13.3. The van der Waals surface area contributed by atoms with Gasteiger partial charge in [0.2, 0.25) is 5.78 Å². The van der Waals surface area contributed by atoms with Crippen LogP contribution in [0.2, 0.25) is 10.0 Å². The van der Waals surface area contributed by atoms with E-state index in [1.54, 1.807) is 12.1 Å². The van der Waals surface area contributed by atoms with E-state index < -0.39 is 11.9 Å². The molecule has 1 aromatic heterocycles. The molecular formula is C30H22Cl2N2O3S. The van der Waals surface area contributed by atoms with Gasteiger partial charge in [-0.1, -0.05) is 96.5 Å². The minimum Gasteiger partial charge on any atom is -0.458 e. The number of nitrogens with one attached hydrogen (secondary N) is 1. The number of esters is 1. The second kappa shape index (κ2) is 10.9. The van der Waals surface area contributed by atoms with Crippen molar-refractivity contribution in [3.05, 3.63) is 134 Å². The summed E-state index contributed by atoms with van der Waals surface area (Å²) in [5.74, 6) is -1.36. The molecule has 38 heavy (non-hydrogen) atoms. The van der Waals surface area contributed by atoms with Gasteiger partial charge in [-0.3, -0.25) is 4.79 Å². The Morgan fingerprint density at radius 1 is 1.00 bits per heavy atom. The Kier molecular flexibility index (Phi) is 7.38. The maximum absolute atomic E-state index is 13.6. The smallest absolute Gasteiger partial charge is 0.337 e. The molecule has 0 fully saturated rings. The number of rotatable bonds is 7.